The van der Waals surface area contributed by atoms with Crippen LogP contribution in [0.4, 0.5) is 0 Å². The van der Waals surface area contributed by atoms with Crippen molar-refractivity contribution in [2.75, 3.05) is 19.7 Å². The SMILES string of the molecule is CCOC=O.O=C(O)CNCCCc1ccccc1. The van der Waals surface area contributed by atoms with Gasteiger partial charge in [-0.3, -0.25) is 9.59 Å². The second-order valence-electron chi connectivity index (χ2n) is 3.71. The Morgan fingerprint density at radius 2 is 2.05 bits per heavy atom. The molecule has 0 unspecified atom stereocenters. The van der Waals surface area contributed by atoms with Crippen LogP contribution in [0.2, 0.25) is 0 Å². The molecule has 0 aliphatic heterocycles. The number of nitrogens with one attached hydrogen (secondary N) is 1. The van der Waals surface area contributed by atoms with E-state index < -0.39 is 5.97 Å². The fraction of sp³-hybridized carbons (Fsp3) is 0.429. The van der Waals surface area contributed by atoms with Gasteiger partial charge in [-0.25, -0.2) is 0 Å². The first-order chi connectivity index (χ1) is 9.20. The third-order valence-corrected chi connectivity index (χ3v) is 2.17. The Kier molecular flexibility index (Phi) is 11.3. The summed E-state index contributed by atoms with van der Waals surface area (Å²) < 4.78 is 4.15. The fourth-order valence-corrected chi connectivity index (χ4v) is 1.33. The van der Waals surface area contributed by atoms with Gasteiger partial charge in [0.05, 0.1) is 13.2 Å². The molecule has 1 aromatic carbocycles. The van der Waals surface area contributed by atoms with Gasteiger partial charge in [-0.2, -0.15) is 0 Å². The van der Waals surface area contributed by atoms with E-state index in [1.54, 1.807) is 6.92 Å². The van der Waals surface area contributed by atoms with Crippen molar-refractivity contribution < 1.29 is 19.4 Å². The molecule has 106 valence electrons. The predicted molar refractivity (Wildman–Crippen MR) is 73.0 cm³/mol. The minimum absolute atomic E-state index is 0.0504. The number of hydrogen-bond acceptors (Lipinski definition) is 4. The summed E-state index contributed by atoms with van der Waals surface area (Å²) in [6.45, 7) is 3.47. The first-order valence-electron chi connectivity index (χ1n) is 6.22. The van der Waals surface area contributed by atoms with Crippen molar-refractivity contribution in [3.8, 4) is 0 Å². The molecule has 0 amide bonds. The lowest BCUT2D eigenvalue weighted by Gasteiger charge is -2.01. The van der Waals surface area contributed by atoms with Crippen LogP contribution in [-0.2, 0) is 20.7 Å². The maximum absolute atomic E-state index is 10.2. The molecular weight excluding hydrogens is 246 g/mol. The number of carbonyl (C=O) groups excluding carboxylic acids is 1. The van der Waals surface area contributed by atoms with Crippen LogP contribution in [0.5, 0.6) is 0 Å². The molecular formula is C14H21NO4. The van der Waals surface area contributed by atoms with E-state index in [-0.39, 0.29) is 6.54 Å². The smallest absolute Gasteiger partial charge is 0.317 e. The van der Waals surface area contributed by atoms with Gasteiger partial charge in [-0.05, 0) is 31.9 Å². The second kappa shape index (κ2) is 12.6. The lowest BCUT2D eigenvalue weighted by Crippen LogP contribution is -2.23. The molecule has 1 aromatic rings. The number of rotatable bonds is 8. The summed E-state index contributed by atoms with van der Waals surface area (Å²) in [7, 11) is 0. The zero-order valence-corrected chi connectivity index (χ0v) is 11.2. The topological polar surface area (TPSA) is 75.6 Å². The Labute approximate surface area is 113 Å². The average molecular weight is 267 g/mol. The van der Waals surface area contributed by atoms with Gasteiger partial charge in [0.15, 0.2) is 0 Å². The van der Waals surface area contributed by atoms with Crippen molar-refractivity contribution in [1.82, 2.24) is 5.32 Å². The molecule has 0 saturated heterocycles. The number of aryl methyl sites for hydroxylation is 1. The van der Waals surface area contributed by atoms with Crippen molar-refractivity contribution in [2.24, 2.45) is 0 Å². The molecule has 1 rings (SSSR count). The third kappa shape index (κ3) is 12.4. The van der Waals surface area contributed by atoms with Gasteiger partial charge in [0, 0.05) is 0 Å². The van der Waals surface area contributed by atoms with Gasteiger partial charge >= 0.3 is 5.97 Å². The summed E-state index contributed by atoms with van der Waals surface area (Å²) in [5.74, 6) is -0.801. The van der Waals surface area contributed by atoms with Crippen LogP contribution in [0.25, 0.3) is 0 Å². The highest BCUT2D eigenvalue weighted by atomic mass is 16.5. The molecule has 0 bridgehead atoms. The van der Waals surface area contributed by atoms with E-state index in [0.717, 1.165) is 19.4 Å². The van der Waals surface area contributed by atoms with Gasteiger partial charge in [0.1, 0.15) is 0 Å². The molecule has 0 aliphatic rings. The van der Waals surface area contributed by atoms with Crippen molar-refractivity contribution >= 4 is 12.4 Å². The van der Waals surface area contributed by atoms with Crippen LogP contribution in [0.3, 0.4) is 0 Å². The summed E-state index contributed by atoms with van der Waals surface area (Å²) >= 11 is 0. The molecule has 0 heterocycles. The number of hydrogen-bond donors (Lipinski definition) is 2. The van der Waals surface area contributed by atoms with E-state index >= 15 is 0 Å². The molecule has 5 heteroatoms. The number of ether oxygens (including phenoxy) is 1. The van der Waals surface area contributed by atoms with Crippen LogP contribution in [0, 0.1) is 0 Å². The van der Waals surface area contributed by atoms with Crippen LogP contribution in [0.1, 0.15) is 18.9 Å². The molecule has 0 saturated carbocycles. The van der Waals surface area contributed by atoms with Gasteiger partial charge in [-0.15, -0.1) is 0 Å². The number of aliphatic carboxylic acids is 1. The van der Waals surface area contributed by atoms with Gasteiger partial charge in [-0.1, -0.05) is 30.3 Å². The zero-order valence-electron chi connectivity index (χ0n) is 11.2. The fourth-order valence-electron chi connectivity index (χ4n) is 1.33. The van der Waals surface area contributed by atoms with Crippen LogP contribution >= 0.6 is 0 Å². The average Bonchev–Trinajstić information content (AvgIpc) is 2.41. The van der Waals surface area contributed by atoms with E-state index in [1.807, 2.05) is 18.2 Å². The highest BCUT2D eigenvalue weighted by molar-refractivity contribution is 5.68. The standard InChI is InChI=1S/C11H15NO2.C3H6O2/c13-11(14)9-12-8-4-7-10-5-2-1-3-6-10;1-2-5-3-4/h1-3,5-6,12H,4,7-9H2,(H,13,14);3H,2H2,1H3. The quantitative estimate of drug-likeness (QED) is 0.551. The summed E-state index contributed by atoms with van der Waals surface area (Å²) in [6.07, 6.45) is 1.96. The third-order valence-electron chi connectivity index (χ3n) is 2.17. The minimum atomic E-state index is -0.801. The van der Waals surface area contributed by atoms with E-state index in [9.17, 15) is 9.59 Å². The Hall–Kier alpha value is -1.88. The molecule has 0 spiro atoms. The summed E-state index contributed by atoms with van der Waals surface area (Å²) in [4.78, 5) is 19.4. The van der Waals surface area contributed by atoms with E-state index in [4.69, 9.17) is 5.11 Å². The summed E-state index contributed by atoms with van der Waals surface area (Å²) in [5.41, 5.74) is 1.30. The molecule has 0 aliphatic carbocycles. The second-order valence-corrected chi connectivity index (χ2v) is 3.71. The molecule has 19 heavy (non-hydrogen) atoms. The largest absolute Gasteiger partial charge is 0.480 e. The Morgan fingerprint density at radius 1 is 1.37 bits per heavy atom. The summed E-state index contributed by atoms with van der Waals surface area (Å²) in [6, 6.07) is 10.2. The maximum Gasteiger partial charge on any atom is 0.317 e. The van der Waals surface area contributed by atoms with Crippen molar-refractivity contribution in [2.45, 2.75) is 19.8 Å². The summed E-state index contributed by atoms with van der Waals surface area (Å²) in [5, 5.41) is 11.2. The number of carboxylic acid groups (broad SMARTS) is 1. The van der Waals surface area contributed by atoms with Gasteiger partial charge in [0.2, 0.25) is 0 Å². The minimum Gasteiger partial charge on any atom is -0.480 e. The zero-order chi connectivity index (χ0) is 14.3. The molecule has 0 atom stereocenters. The number of carboxylic acids is 1. The first kappa shape index (κ1) is 17.1. The van der Waals surface area contributed by atoms with Crippen LogP contribution in [-0.4, -0.2) is 37.2 Å². The van der Waals surface area contributed by atoms with Crippen molar-refractivity contribution in [3.63, 3.8) is 0 Å². The predicted octanol–water partition coefficient (Wildman–Crippen LogP) is 1.47. The maximum atomic E-state index is 10.2. The monoisotopic (exact) mass is 267 g/mol. The lowest BCUT2D eigenvalue weighted by molar-refractivity contribution is -0.136. The molecule has 0 fully saturated rings. The molecule has 2 N–H and O–H groups in total. The van der Waals surface area contributed by atoms with Crippen molar-refractivity contribution in [3.05, 3.63) is 35.9 Å². The van der Waals surface area contributed by atoms with Crippen LogP contribution in [0.15, 0.2) is 30.3 Å². The Bertz CT molecular complexity index is 341. The number of benzene rings is 1. The normalized spacial score (nSPS) is 9.11. The van der Waals surface area contributed by atoms with Crippen LogP contribution < -0.4 is 5.32 Å². The first-order valence-corrected chi connectivity index (χ1v) is 6.22. The highest BCUT2D eigenvalue weighted by Gasteiger charge is 1.95. The van der Waals surface area contributed by atoms with E-state index in [0.29, 0.717) is 13.1 Å². The molecule has 0 aromatic heterocycles. The van der Waals surface area contributed by atoms with Crippen molar-refractivity contribution in [1.29, 1.82) is 0 Å². The van der Waals surface area contributed by atoms with Gasteiger partial charge < -0.3 is 15.2 Å². The van der Waals surface area contributed by atoms with Gasteiger partial charge in [0.25, 0.3) is 6.47 Å². The Morgan fingerprint density at radius 3 is 2.53 bits per heavy atom. The van der Waals surface area contributed by atoms with E-state index in [2.05, 4.69) is 22.2 Å². The van der Waals surface area contributed by atoms with E-state index in [1.165, 1.54) is 5.56 Å². The Balaban J connectivity index is 0.000000555. The lowest BCUT2D eigenvalue weighted by atomic mass is 10.1. The highest BCUT2D eigenvalue weighted by Crippen LogP contribution is 2.01. The number of carbonyl (C=O) groups is 2. The molecule has 5 nitrogen and oxygen atoms in total. The molecule has 0 radical (unpaired) electrons.